The highest BCUT2D eigenvalue weighted by atomic mass is 16.5. The lowest BCUT2D eigenvalue weighted by molar-refractivity contribution is 0.242. The maximum atomic E-state index is 8.26. The third-order valence-electron chi connectivity index (χ3n) is 1.30. The molecule has 2 nitrogen and oxygen atoms in total. The molecule has 2 heteroatoms. The lowest BCUT2D eigenvalue weighted by Gasteiger charge is -2.01. The largest absolute Gasteiger partial charge is 0.494 e. The number of nitrogens with zero attached hydrogens (tertiary/aromatic N) is 1. The summed E-state index contributed by atoms with van der Waals surface area (Å²) in [6.45, 7) is 4.56. The molecule has 0 N–H and O–H groups in total. The molecule has 0 radical (unpaired) electrons. The van der Waals surface area contributed by atoms with Crippen molar-refractivity contribution in [2.45, 2.75) is 26.7 Å². The first kappa shape index (κ1) is 10.8. The molecule has 0 aromatic carbocycles. The molecule has 0 bridgehead atoms. The molecule has 0 aliphatic rings. The maximum absolute atomic E-state index is 8.26. The van der Waals surface area contributed by atoms with Gasteiger partial charge < -0.3 is 4.74 Å². The number of ether oxygens (including phenoxy) is 1. The van der Waals surface area contributed by atoms with Crippen LogP contribution in [0.4, 0.5) is 0 Å². The number of hydrogen-bond acceptors (Lipinski definition) is 2. The molecule has 0 rings (SSSR count). The fourth-order valence-corrected chi connectivity index (χ4v) is 0.742. The molecular formula is C10H15NO. The standard InChI is InChI=1S/C10H15NO/c1-3-10(12-4-2)8-6-5-7-9-11/h3,6,8H,4-5,7H2,1-2H3/b8-6-,10-3+. The second-order valence-electron chi connectivity index (χ2n) is 2.22. The van der Waals surface area contributed by atoms with Gasteiger partial charge in [-0.15, -0.1) is 0 Å². The van der Waals surface area contributed by atoms with Crippen molar-refractivity contribution in [3.63, 3.8) is 0 Å². The molecule has 0 aliphatic heterocycles. The van der Waals surface area contributed by atoms with Crippen molar-refractivity contribution < 1.29 is 4.74 Å². The molecule has 0 saturated carbocycles. The quantitative estimate of drug-likeness (QED) is 0.356. The zero-order valence-corrected chi connectivity index (χ0v) is 7.71. The highest BCUT2D eigenvalue weighted by Gasteiger charge is 1.86. The second-order valence-corrected chi connectivity index (χ2v) is 2.22. The lowest BCUT2D eigenvalue weighted by atomic mass is 10.3. The van der Waals surface area contributed by atoms with Crippen LogP contribution in [0.2, 0.25) is 0 Å². The molecule has 0 atom stereocenters. The third kappa shape index (κ3) is 5.55. The van der Waals surface area contributed by atoms with Gasteiger partial charge in [0.2, 0.25) is 0 Å². The lowest BCUT2D eigenvalue weighted by Crippen LogP contribution is -1.86. The van der Waals surface area contributed by atoms with Crippen LogP contribution in [-0.4, -0.2) is 6.61 Å². The third-order valence-corrected chi connectivity index (χ3v) is 1.30. The molecule has 0 spiro atoms. The molecule has 0 aliphatic carbocycles. The first-order chi connectivity index (χ1) is 5.85. The molecule has 0 saturated heterocycles. The summed E-state index contributed by atoms with van der Waals surface area (Å²) in [5.74, 6) is 0.871. The number of nitriles is 1. The molecule has 0 aromatic heterocycles. The van der Waals surface area contributed by atoms with E-state index < -0.39 is 0 Å². The van der Waals surface area contributed by atoms with Crippen LogP contribution >= 0.6 is 0 Å². The van der Waals surface area contributed by atoms with Crippen LogP contribution < -0.4 is 0 Å². The number of rotatable bonds is 5. The van der Waals surface area contributed by atoms with Crippen LogP contribution in [-0.2, 0) is 4.74 Å². The van der Waals surface area contributed by atoms with Gasteiger partial charge in [-0.1, -0.05) is 6.08 Å². The minimum absolute atomic E-state index is 0.569. The van der Waals surface area contributed by atoms with Crippen molar-refractivity contribution in [1.29, 1.82) is 5.26 Å². The zero-order valence-electron chi connectivity index (χ0n) is 7.71. The minimum atomic E-state index is 0.569. The van der Waals surface area contributed by atoms with E-state index >= 15 is 0 Å². The molecule has 0 fully saturated rings. The summed E-state index contributed by atoms with van der Waals surface area (Å²) < 4.78 is 5.26. The van der Waals surface area contributed by atoms with E-state index in [1.807, 2.05) is 32.1 Å². The molecule has 0 amide bonds. The highest BCUT2D eigenvalue weighted by Crippen LogP contribution is 2.00. The van der Waals surface area contributed by atoms with Gasteiger partial charge in [0.1, 0.15) is 5.76 Å². The van der Waals surface area contributed by atoms with Crippen molar-refractivity contribution >= 4 is 0 Å². The van der Waals surface area contributed by atoms with E-state index in [4.69, 9.17) is 10.00 Å². The summed E-state index contributed by atoms with van der Waals surface area (Å²) in [5.41, 5.74) is 0. The molecule has 66 valence electrons. The number of allylic oxidation sites excluding steroid dienone is 3. The molecule has 12 heavy (non-hydrogen) atoms. The first-order valence-corrected chi connectivity index (χ1v) is 4.17. The van der Waals surface area contributed by atoms with Crippen LogP contribution in [0.1, 0.15) is 26.7 Å². The molecule has 0 aromatic rings. The van der Waals surface area contributed by atoms with E-state index in [-0.39, 0.29) is 0 Å². The van der Waals surface area contributed by atoms with E-state index in [1.165, 1.54) is 0 Å². The van der Waals surface area contributed by atoms with E-state index in [1.54, 1.807) is 0 Å². The van der Waals surface area contributed by atoms with Crippen molar-refractivity contribution in [3.8, 4) is 6.07 Å². The van der Waals surface area contributed by atoms with Crippen molar-refractivity contribution in [2.75, 3.05) is 6.61 Å². The highest BCUT2D eigenvalue weighted by molar-refractivity contribution is 5.10. The Morgan fingerprint density at radius 1 is 1.58 bits per heavy atom. The van der Waals surface area contributed by atoms with Crippen LogP contribution in [0.15, 0.2) is 24.0 Å². The van der Waals surface area contributed by atoms with Gasteiger partial charge in [0, 0.05) is 6.42 Å². The van der Waals surface area contributed by atoms with Gasteiger partial charge in [0.25, 0.3) is 0 Å². The fraction of sp³-hybridized carbons (Fsp3) is 0.500. The fourth-order valence-electron chi connectivity index (χ4n) is 0.742. The maximum Gasteiger partial charge on any atom is 0.114 e. The molecular weight excluding hydrogens is 150 g/mol. The average molecular weight is 165 g/mol. The van der Waals surface area contributed by atoms with Gasteiger partial charge in [-0.25, -0.2) is 0 Å². The van der Waals surface area contributed by atoms with E-state index in [0.29, 0.717) is 13.0 Å². The van der Waals surface area contributed by atoms with Gasteiger partial charge in [-0.3, -0.25) is 0 Å². The molecule has 0 unspecified atom stereocenters. The van der Waals surface area contributed by atoms with Crippen molar-refractivity contribution in [2.24, 2.45) is 0 Å². The predicted molar refractivity (Wildman–Crippen MR) is 49.4 cm³/mol. The smallest absolute Gasteiger partial charge is 0.114 e. The van der Waals surface area contributed by atoms with Crippen LogP contribution in [0.5, 0.6) is 0 Å². The summed E-state index contributed by atoms with van der Waals surface area (Å²) in [4.78, 5) is 0. The van der Waals surface area contributed by atoms with Crippen LogP contribution in [0.3, 0.4) is 0 Å². The Balaban J connectivity index is 3.71. The Bertz CT molecular complexity index is 198. The zero-order chi connectivity index (χ0) is 9.23. The van der Waals surface area contributed by atoms with Gasteiger partial charge in [0.05, 0.1) is 12.7 Å². The summed E-state index contributed by atoms with van der Waals surface area (Å²) >= 11 is 0. The van der Waals surface area contributed by atoms with Gasteiger partial charge >= 0.3 is 0 Å². The van der Waals surface area contributed by atoms with Crippen LogP contribution in [0, 0.1) is 11.3 Å². The van der Waals surface area contributed by atoms with Gasteiger partial charge in [-0.05, 0) is 32.4 Å². The van der Waals surface area contributed by atoms with Gasteiger partial charge in [-0.2, -0.15) is 5.26 Å². The summed E-state index contributed by atoms with van der Waals surface area (Å²) in [5, 5.41) is 8.26. The summed E-state index contributed by atoms with van der Waals surface area (Å²) in [6, 6.07) is 2.08. The van der Waals surface area contributed by atoms with E-state index in [0.717, 1.165) is 12.2 Å². The Morgan fingerprint density at radius 3 is 2.83 bits per heavy atom. The Hall–Kier alpha value is -1.23. The topological polar surface area (TPSA) is 33.0 Å². The SMILES string of the molecule is C/C=C(\C=C/CCC#N)OCC. The average Bonchev–Trinajstić information content (AvgIpc) is 2.10. The van der Waals surface area contributed by atoms with Crippen molar-refractivity contribution in [3.05, 3.63) is 24.0 Å². The Kier molecular flexibility index (Phi) is 7.07. The normalized spacial score (nSPS) is 11.6. The number of unbranched alkanes of at least 4 members (excludes halogenated alkanes) is 1. The first-order valence-electron chi connectivity index (χ1n) is 4.17. The summed E-state index contributed by atoms with van der Waals surface area (Å²) in [7, 11) is 0. The predicted octanol–water partition coefficient (Wildman–Crippen LogP) is 2.79. The minimum Gasteiger partial charge on any atom is -0.494 e. The monoisotopic (exact) mass is 165 g/mol. The van der Waals surface area contributed by atoms with E-state index in [2.05, 4.69) is 6.07 Å². The summed E-state index contributed by atoms with van der Waals surface area (Å²) in [6.07, 6.45) is 7.13. The Morgan fingerprint density at radius 2 is 2.33 bits per heavy atom. The second kappa shape index (κ2) is 7.87. The number of hydrogen-bond donors (Lipinski definition) is 0. The van der Waals surface area contributed by atoms with Crippen molar-refractivity contribution in [1.82, 2.24) is 0 Å². The Labute approximate surface area is 74.2 Å². The van der Waals surface area contributed by atoms with Gasteiger partial charge in [0.15, 0.2) is 0 Å². The molecule has 0 heterocycles. The van der Waals surface area contributed by atoms with E-state index in [9.17, 15) is 0 Å². The van der Waals surface area contributed by atoms with Crippen LogP contribution in [0.25, 0.3) is 0 Å².